The molecule has 0 aromatic carbocycles. The molecule has 3 heteroatoms. The van der Waals surface area contributed by atoms with Crippen molar-refractivity contribution in [1.82, 2.24) is 4.90 Å². The molecule has 1 N–H and O–H groups in total. The summed E-state index contributed by atoms with van der Waals surface area (Å²) in [6, 6.07) is 0. The van der Waals surface area contributed by atoms with E-state index in [-0.39, 0.29) is 0 Å². The smallest absolute Gasteiger partial charge is 0.324 e. The molecule has 1 saturated carbocycles. The van der Waals surface area contributed by atoms with E-state index in [1.165, 1.54) is 25.7 Å². The molecule has 98 valence electrons. The third kappa shape index (κ3) is 2.49. The molecule has 0 aromatic rings. The van der Waals surface area contributed by atoms with Gasteiger partial charge in [-0.25, -0.2) is 0 Å². The van der Waals surface area contributed by atoms with Gasteiger partial charge in [-0.3, -0.25) is 9.69 Å². The normalized spacial score (nSPS) is 35.7. The van der Waals surface area contributed by atoms with Crippen molar-refractivity contribution in [3.05, 3.63) is 0 Å². The summed E-state index contributed by atoms with van der Waals surface area (Å²) in [6.07, 6.45) is 8.84. The van der Waals surface area contributed by atoms with Gasteiger partial charge in [-0.1, -0.05) is 26.2 Å². The van der Waals surface area contributed by atoms with E-state index in [0.717, 1.165) is 38.8 Å². The molecule has 1 aliphatic carbocycles. The molecule has 17 heavy (non-hydrogen) atoms. The molecule has 2 aliphatic rings. The van der Waals surface area contributed by atoms with Crippen LogP contribution in [0, 0.1) is 5.92 Å². The third-order valence-corrected chi connectivity index (χ3v) is 4.78. The fourth-order valence-electron chi connectivity index (χ4n) is 3.59. The van der Waals surface area contributed by atoms with E-state index in [9.17, 15) is 9.90 Å². The SMILES string of the molecule is CCC1CCC(C(=O)O)(N2CCCCCC2)C1. The van der Waals surface area contributed by atoms with Gasteiger partial charge in [-0.15, -0.1) is 0 Å². The van der Waals surface area contributed by atoms with Crippen LogP contribution < -0.4 is 0 Å². The maximum Gasteiger partial charge on any atom is 0.324 e. The van der Waals surface area contributed by atoms with Gasteiger partial charge in [0.15, 0.2) is 0 Å². The van der Waals surface area contributed by atoms with Crippen molar-refractivity contribution in [3.8, 4) is 0 Å². The fourth-order valence-corrected chi connectivity index (χ4v) is 3.59. The highest BCUT2D eigenvalue weighted by molar-refractivity contribution is 5.79. The summed E-state index contributed by atoms with van der Waals surface area (Å²) in [5.74, 6) is 0.0460. The maximum atomic E-state index is 11.8. The number of carboxylic acids is 1. The molecule has 2 rings (SSSR count). The predicted molar refractivity (Wildman–Crippen MR) is 68.0 cm³/mol. The highest BCUT2D eigenvalue weighted by Gasteiger charge is 2.49. The Bertz CT molecular complexity index is 271. The highest BCUT2D eigenvalue weighted by Crippen LogP contribution is 2.41. The summed E-state index contributed by atoms with van der Waals surface area (Å²) in [6.45, 7) is 4.16. The first kappa shape index (κ1) is 12.9. The summed E-state index contributed by atoms with van der Waals surface area (Å²) < 4.78 is 0. The van der Waals surface area contributed by atoms with Crippen LogP contribution >= 0.6 is 0 Å². The summed E-state index contributed by atoms with van der Waals surface area (Å²) in [5.41, 5.74) is -0.523. The van der Waals surface area contributed by atoms with Gasteiger partial charge in [0.05, 0.1) is 0 Å². The number of aliphatic carboxylic acids is 1. The van der Waals surface area contributed by atoms with Crippen molar-refractivity contribution in [2.75, 3.05) is 13.1 Å². The molecule has 0 radical (unpaired) electrons. The largest absolute Gasteiger partial charge is 0.480 e. The molecule has 0 spiro atoms. The zero-order valence-electron chi connectivity index (χ0n) is 11.0. The first-order valence-electron chi connectivity index (χ1n) is 7.17. The lowest BCUT2D eigenvalue weighted by Crippen LogP contribution is -2.53. The summed E-state index contributed by atoms with van der Waals surface area (Å²) in [7, 11) is 0. The van der Waals surface area contributed by atoms with Crippen molar-refractivity contribution in [3.63, 3.8) is 0 Å². The van der Waals surface area contributed by atoms with Crippen molar-refractivity contribution in [2.24, 2.45) is 5.92 Å². The highest BCUT2D eigenvalue weighted by atomic mass is 16.4. The molecule has 3 nitrogen and oxygen atoms in total. The zero-order chi connectivity index (χ0) is 12.3. The first-order valence-corrected chi connectivity index (χ1v) is 7.17. The average molecular weight is 239 g/mol. The third-order valence-electron chi connectivity index (χ3n) is 4.78. The zero-order valence-corrected chi connectivity index (χ0v) is 11.0. The van der Waals surface area contributed by atoms with Crippen molar-refractivity contribution in [2.45, 2.75) is 63.8 Å². The molecular formula is C14H25NO2. The molecule has 2 atom stereocenters. The molecule has 0 aromatic heterocycles. The lowest BCUT2D eigenvalue weighted by Gasteiger charge is -2.37. The van der Waals surface area contributed by atoms with E-state index in [4.69, 9.17) is 0 Å². The molecule has 1 heterocycles. The van der Waals surface area contributed by atoms with E-state index in [1.807, 2.05) is 0 Å². The van der Waals surface area contributed by atoms with E-state index < -0.39 is 11.5 Å². The Kier molecular flexibility index (Phi) is 4.08. The summed E-state index contributed by atoms with van der Waals surface area (Å²) in [5, 5.41) is 9.68. The van der Waals surface area contributed by atoms with Gasteiger partial charge in [-0.2, -0.15) is 0 Å². The molecule has 2 fully saturated rings. The minimum atomic E-state index is -0.574. The molecule has 0 amide bonds. The van der Waals surface area contributed by atoms with Gasteiger partial charge in [0, 0.05) is 0 Å². The number of hydrogen-bond acceptors (Lipinski definition) is 2. The standard InChI is InChI=1S/C14H25NO2/c1-2-12-7-8-14(11-12,13(16)17)15-9-5-3-4-6-10-15/h12H,2-11H2,1H3,(H,16,17). The van der Waals surface area contributed by atoms with Crippen LogP contribution in [0.25, 0.3) is 0 Å². The molecule has 0 bridgehead atoms. The van der Waals surface area contributed by atoms with Crippen molar-refractivity contribution < 1.29 is 9.90 Å². The lowest BCUT2D eigenvalue weighted by atomic mass is 9.92. The maximum absolute atomic E-state index is 11.8. The van der Waals surface area contributed by atoms with Gasteiger partial charge in [0.1, 0.15) is 5.54 Å². The van der Waals surface area contributed by atoms with Crippen LogP contribution in [-0.4, -0.2) is 34.6 Å². The number of hydrogen-bond donors (Lipinski definition) is 1. The van der Waals surface area contributed by atoms with Crippen LogP contribution in [0.2, 0.25) is 0 Å². The summed E-state index contributed by atoms with van der Waals surface area (Å²) >= 11 is 0. The second-order valence-corrected chi connectivity index (χ2v) is 5.76. The Balaban J connectivity index is 2.13. The van der Waals surface area contributed by atoms with Gasteiger partial charge in [-0.05, 0) is 51.1 Å². The van der Waals surface area contributed by atoms with Gasteiger partial charge < -0.3 is 5.11 Å². The average Bonchev–Trinajstić information content (AvgIpc) is 2.58. The van der Waals surface area contributed by atoms with Crippen LogP contribution in [0.4, 0.5) is 0 Å². The number of carbonyl (C=O) groups is 1. The lowest BCUT2D eigenvalue weighted by molar-refractivity contribution is -0.151. The predicted octanol–water partition coefficient (Wildman–Crippen LogP) is 2.90. The van der Waals surface area contributed by atoms with Crippen LogP contribution in [-0.2, 0) is 4.79 Å². The molecular weight excluding hydrogens is 214 g/mol. The number of carboxylic acid groups (broad SMARTS) is 1. The second kappa shape index (κ2) is 5.38. The monoisotopic (exact) mass is 239 g/mol. The topological polar surface area (TPSA) is 40.5 Å². The van der Waals surface area contributed by atoms with Crippen LogP contribution in [0.1, 0.15) is 58.3 Å². The second-order valence-electron chi connectivity index (χ2n) is 5.76. The Morgan fingerprint density at radius 3 is 2.41 bits per heavy atom. The van der Waals surface area contributed by atoms with Gasteiger partial charge in [0.25, 0.3) is 0 Å². The van der Waals surface area contributed by atoms with Crippen LogP contribution in [0.3, 0.4) is 0 Å². The van der Waals surface area contributed by atoms with E-state index in [2.05, 4.69) is 11.8 Å². The first-order chi connectivity index (χ1) is 8.19. The van der Waals surface area contributed by atoms with E-state index in [0.29, 0.717) is 5.92 Å². The Morgan fingerprint density at radius 1 is 1.29 bits per heavy atom. The Morgan fingerprint density at radius 2 is 1.94 bits per heavy atom. The summed E-state index contributed by atoms with van der Waals surface area (Å²) in [4.78, 5) is 14.0. The number of nitrogens with zero attached hydrogens (tertiary/aromatic N) is 1. The Hall–Kier alpha value is -0.570. The molecule has 1 aliphatic heterocycles. The number of rotatable bonds is 3. The molecule has 1 saturated heterocycles. The van der Waals surface area contributed by atoms with Crippen molar-refractivity contribution in [1.29, 1.82) is 0 Å². The Labute approximate surface area is 104 Å². The van der Waals surface area contributed by atoms with E-state index >= 15 is 0 Å². The van der Waals surface area contributed by atoms with Crippen LogP contribution in [0.15, 0.2) is 0 Å². The van der Waals surface area contributed by atoms with Crippen LogP contribution in [0.5, 0.6) is 0 Å². The quantitative estimate of drug-likeness (QED) is 0.823. The van der Waals surface area contributed by atoms with Gasteiger partial charge in [0.2, 0.25) is 0 Å². The molecule has 2 unspecified atom stereocenters. The fraction of sp³-hybridized carbons (Fsp3) is 0.929. The van der Waals surface area contributed by atoms with E-state index in [1.54, 1.807) is 0 Å². The minimum Gasteiger partial charge on any atom is -0.480 e. The number of likely N-dealkylation sites (tertiary alicyclic amines) is 1. The van der Waals surface area contributed by atoms with Crippen molar-refractivity contribution >= 4 is 5.97 Å². The van der Waals surface area contributed by atoms with Gasteiger partial charge >= 0.3 is 5.97 Å². The minimum absolute atomic E-state index is 0.523.